The van der Waals surface area contributed by atoms with Crippen molar-refractivity contribution in [3.05, 3.63) is 59.2 Å². The summed E-state index contributed by atoms with van der Waals surface area (Å²) >= 11 is 0. The number of piperidine rings is 1. The Kier molecular flexibility index (Phi) is 5.17. The third-order valence-electron chi connectivity index (χ3n) is 6.11. The van der Waals surface area contributed by atoms with Gasteiger partial charge in [-0.05, 0) is 49.9 Å². The summed E-state index contributed by atoms with van der Waals surface area (Å²) in [5, 5.41) is 7.06. The molecule has 1 saturated heterocycles. The Balaban J connectivity index is 1.38. The number of rotatable bonds is 6. The van der Waals surface area contributed by atoms with E-state index >= 15 is 0 Å². The third-order valence-corrected chi connectivity index (χ3v) is 6.11. The summed E-state index contributed by atoms with van der Waals surface area (Å²) in [5.41, 5.74) is 6.02. The Morgan fingerprint density at radius 1 is 1.22 bits per heavy atom. The third kappa shape index (κ3) is 3.59. The molecule has 4 heteroatoms. The lowest BCUT2D eigenvalue weighted by Gasteiger charge is -2.35. The largest absolute Gasteiger partial charge is 0.386 e. The number of carbonyl (C=O) groups is 1. The van der Waals surface area contributed by atoms with E-state index in [4.69, 9.17) is 0 Å². The number of hydrogen-bond donors (Lipinski definition) is 2. The lowest BCUT2D eigenvalue weighted by molar-refractivity contribution is 0.101. The molecule has 0 aliphatic carbocycles. The number of carbonyl (C=O) groups excluding carboxylic acids is 1. The monoisotopic (exact) mass is 363 g/mol. The number of fused-ring (bicyclic) bond motifs is 3. The predicted molar refractivity (Wildman–Crippen MR) is 112 cm³/mol. The van der Waals surface area contributed by atoms with Gasteiger partial charge in [0.15, 0.2) is 5.78 Å². The molecule has 2 aromatic carbocycles. The van der Waals surface area contributed by atoms with Crippen LogP contribution in [-0.4, -0.2) is 43.4 Å². The first-order valence-electron chi connectivity index (χ1n) is 10.1. The lowest BCUT2D eigenvalue weighted by Crippen LogP contribution is -2.42. The summed E-state index contributed by atoms with van der Waals surface area (Å²) in [6.07, 6.45) is 3.25. The molecule has 2 heterocycles. The minimum Gasteiger partial charge on any atom is -0.386 e. The molecule has 0 bridgehead atoms. The fourth-order valence-corrected chi connectivity index (χ4v) is 4.72. The standard InChI is InChI=1S/C23H29N3O/c1-16(27)18-9-4-3-7-17(18)8-6-13-26-14-12-21-20(15-26)19-10-5-11-22(24-2)23(19)25-21/h3-5,7,9-11,20-21,24-25H,6,8,12-15H2,1-2H3/t20?,21-/m0/s1. The summed E-state index contributed by atoms with van der Waals surface area (Å²) in [7, 11) is 1.99. The van der Waals surface area contributed by atoms with E-state index in [0.717, 1.165) is 38.0 Å². The number of benzene rings is 2. The molecule has 0 radical (unpaired) electrons. The van der Waals surface area contributed by atoms with E-state index in [2.05, 4.69) is 39.8 Å². The van der Waals surface area contributed by atoms with Crippen molar-refractivity contribution in [3.63, 3.8) is 0 Å². The second-order valence-corrected chi connectivity index (χ2v) is 7.78. The van der Waals surface area contributed by atoms with Crippen LogP contribution in [0, 0.1) is 0 Å². The van der Waals surface area contributed by atoms with Crippen LogP contribution in [-0.2, 0) is 6.42 Å². The predicted octanol–water partition coefficient (Wildman–Crippen LogP) is 4.15. The Labute approximate surface area is 162 Å². The van der Waals surface area contributed by atoms with E-state index in [0.29, 0.717) is 12.0 Å². The number of nitrogens with one attached hydrogen (secondary N) is 2. The van der Waals surface area contributed by atoms with Gasteiger partial charge < -0.3 is 15.5 Å². The van der Waals surface area contributed by atoms with Crippen molar-refractivity contribution in [1.82, 2.24) is 4.90 Å². The number of likely N-dealkylation sites (tertiary alicyclic amines) is 1. The zero-order valence-electron chi connectivity index (χ0n) is 16.3. The smallest absolute Gasteiger partial charge is 0.160 e. The molecule has 0 spiro atoms. The molecule has 0 aromatic heterocycles. The number of aryl methyl sites for hydroxylation is 1. The average molecular weight is 364 g/mol. The van der Waals surface area contributed by atoms with E-state index in [-0.39, 0.29) is 5.78 Å². The van der Waals surface area contributed by atoms with Crippen LogP contribution in [0.5, 0.6) is 0 Å². The van der Waals surface area contributed by atoms with Crippen LogP contribution in [0.2, 0.25) is 0 Å². The van der Waals surface area contributed by atoms with Crippen molar-refractivity contribution >= 4 is 17.2 Å². The molecule has 2 aromatic rings. The van der Waals surface area contributed by atoms with E-state index in [1.165, 1.54) is 28.9 Å². The van der Waals surface area contributed by atoms with Crippen LogP contribution in [0.3, 0.4) is 0 Å². The second kappa shape index (κ2) is 7.73. The van der Waals surface area contributed by atoms with Crippen LogP contribution in [0.15, 0.2) is 42.5 Å². The zero-order chi connectivity index (χ0) is 18.8. The molecular formula is C23H29N3O. The average Bonchev–Trinajstić information content (AvgIpc) is 3.06. The summed E-state index contributed by atoms with van der Waals surface area (Å²) in [4.78, 5) is 14.4. The van der Waals surface area contributed by atoms with Gasteiger partial charge in [0.05, 0.1) is 11.4 Å². The number of para-hydroxylation sites is 1. The molecule has 2 aliphatic rings. The van der Waals surface area contributed by atoms with Gasteiger partial charge in [-0.2, -0.15) is 0 Å². The first kappa shape index (κ1) is 18.1. The summed E-state index contributed by atoms with van der Waals surface area (Å²) in [5.74, 6) is 0.743. The van der Waals surface area contributed by atoms with Gasteiger partial charge >= 0.3 is 0 Å². The molecule has 0 amide bonds. The Morgan fingerprint density at radius 3 is 2.89 bits per heavy atom. The Morgan fingerprint density at radius 2 is 2.07 bits per heavy atom. The van der Waals surface area contributed by atoms with Gasteiger partial charge in [-0.15, -0.1) is 0 Å². The van der Waals surface area contributed by atoms with Crippen LogP contribution in [0.4, 0.5) is 11.4 Å². The molecule has 27 heavy (non-hydrogen) atoms. The second-order valence-electron chi connectivity index (χ2n) is 7.78. The summed E-state index contributed by atoms with van der Waals surface area (Å²) in [6, 6.07) is 15.2. The van der Waals surface area contributed by atoms with Crippen molar-refractivity contribution in [2.24, 2.45) is 0 Å². The zero-order valence-corrected chi connectivity index (χ0v) is 16.3. The van der Waals surface area contributed by atoms with Gasteiger partial charge in [0.2, 0.25) is 0 Å². The Hall–Kier alpha value is -2.33. The first-order chi connectivity index (χ1) is 13.2. The lowest BCUT2D eigenvalue weighted by atomic mass is 9.89. The number of ketones is 1. The van der Waals surface area contributed by atoms with Crippen molar-refractivity contribution in [3.8, 4) is 0 Å². The molecule has 1 unspecified atom stereocenters. The van der Waals surface area contributed by atoms with Crippen LogP contribution in [0.1, 0.15) is 47.2 Å². The fourth-order valence-electron chi connectivity index (χ4n) is 4.72. The molecule has 142 valence electrons. The van der Waals surface area contributed by atoms with Crippen molar-refractivity contribution in [2.75, 3.05) is 37.3 Å². The first-order valence-corrected chi connectivity index (χ1v) is 10.1. The number of anilines is 2. The van der Waals surface area contributed by atoms with Gasteiger partial charge in [-0.25, -0.2) is 0 Å². The maximum absolute atomic E-state index is 11.8. The molecule has 1 fully saturated rings. The molecule has 0 saturated carbocycles. The number of Topliss-reactive ketones (excluding diaryl/α,β-unsaturated/α-hetero) is 1. The maximum atomic E-state index is 11.8. The fraction of sp³-hybridized carbons (Fsp3) is 0.435. The van der Waals surface area contributed by atoms with Crippen LogP contribution < -0.4 is 10.6 Å². The van der Waals surface area contributed by atoms with Crippen molar-refractivity contribution < 1.29 is 4.79 Å². The quantitative estimate of drug-likeness (QED) is 0.757. The highest BCUT2D eigenvalue weighted by atomic mass is 16.1. The van der Waals surface area contributed by atoms with Crippen molar-refractivity contribution in [2.45, 2.75) is 38.1 Å². The molecule has 4 rings (SSSR count). The topological polar surface area (TPSA) is 44.4 Å². The van der Waals surface area contributed by atoms with Gasteiger partial charge in [-0.3, -0.25) is 4.79 Å². The molecular weight excluding hydrogens is 334 g/mol. The minimum absolute atomic E-state index is 0.167. The van der Waals surface area contributed by atoms with E-state index in [1.54, 1.807) is 6.92 Å². The number of hydrogen-bond acceptors (Lipinski definition) is 4. The van der Waals surface area contributed by atoms with Crippen LogP contribution in [0.25, 0.3) is 0 Å². The highest BCUT2D eigenvalue weighted by Crippen LogP contribution is 2.43. The molecule has 2 atom stereocenters. The summed E-state index contributed by atoms with van der Waals surface area (Å²) < 4.78 is 0. The highest BCUT2D eigenvalue weighted by Gasteiger charge is 2.37. The Bertz CT molecular complexity index is 832. The van der Waals surface area contributed by atoms with E-state index in [9.17, 15) is 4.79 Å². The maximum Gasteiger partial charge on any atom is 0.160 e. The SMILES string of the molecule is CNc1cccc2c1N[C@H]1CCN(CCCc3ccccc3C(C)=O)CC21. The van der Waals surface area contributed by atoms with E-state index in [1.807, 2.05) is 25.2 Å². The molecule has 4 nitrogen and oxygen atoms in total. The number of nitrogens with zero attached hydrogens (tertiary/aromatic N) is 1. The van der Waals surface area contributed by atoms with Gasteiger partial charge in [-0.1, -0.05) is 36.4 Å². The van der Waals surface area contributed by atoms with E-state index < -0.39 is 0 Å². The normalized spacial score (nSPS) is 21.3. The van der Waals surface area contributed by atoms with Crippen LogP contribution >= 0.6 is 0 Å². The molecule has 2 aliphatic heterocycles. The van der Waals surface area contributed by atoms with Gasteiger partial charge in [0.1, 0.15) is 0 Å². The minimum atomic E-state index is 0.167. The molecule has 2 N–H and O–H groups in total. The van der Waals surface area contributed by atoms with Gasteiger partial charge in [0, 0.05) is 37.7 Å². The van der Waals surface area contributed by atoms with Crippen molar-refractivity contribution in [1.29, 1.82) is 0 Å². The van der Waals surface area contributed by atoms with Gasteiger partial charge in [0.25, 0.3) is 0 Å². The highest BCUT2D eigenvalue weighted by molar-refractivity contribution is 5.95. The summed E-state index contributed by atoms with van der Waals surface area (Å²) in [6.45, 7) is 5.02.